The monoisotopic (exact) mass is 290 g/mol. The van der Waals surface area contributed by atoms with Crippen molar-refractivity contribution < 1.29 is 23.2 Å². The molecule has 1 aromatic carbocycles. The Kier molecular flexibility index (Phi) is 3.85. The normalized spacial score (nSPS) is 15.2. The van der Waals surface area contributed by atoms with Crippen molar-refractivity contribution in [3.63, 3.8) is 0 Å². The molecule has 1 fully saturated rings. The second kappa shape index (κ2) is 5.28. The number of aliphatic hydroxyl groups is 1. The molecule has 0 spiro atoms. The van der Waals surface area contributed by atoms with Gasteiger partial charge < -0.3 is 10.0 Å². The summed E-state index contributed by atoms with van der Waals surface area (Å²) in [7, 11) is 0. The van der Waals surface area contributed by atoms with Gasteiger partial charge >= 0.3 is 6.18 Å². The maximum atomic E-state index is 13.1. The second-order valence-corrected chi connectivity index (χ2v) is 4.60. The zero-order chi connectivity index (χ0) is 14.9. The lowest BCUT2D eigenvalue weighted by Gasteiger charge is -2.26. The Morgan fingerprint density at radius 1 is 1.40 bits per heavy atom. The van der Waals surface area contributed by atoms with Crippen molar-refractivity contribution in [3.8, 4) is 0 Å². The summed E-state index contributed by atoms with van der Waals surface area (Å²) in [5.74, 6) is 0. The molecule has 0 unspecified atom stereocenters. The van der Waals surface area contributed by atoms with Crippen LogP contribution >= 0.6 is 0 Å². The maximum absolute atomic E-state index is 13.1. The third kappa shape index (κ3) is 3.01. The van der Waals surface area contributed by atoms with E-state index in [2.05, 4.69) is 0 Å². The minimum Gasteiger partial charge on any atom is -0.395 e. The Balaban J connectivity index is 2.47. The van der Waals surface area contributed by atoms with Crippen LogP contribution in [0, 0.1) is 10.1 Å². The van der Waals surface area contributed by atoms with Gasteiger partial charge in [0.2, 0.25) is 0 Å². The molecule has 0 amide bonds. The van der Waals surface area contributed by atoms with Gasteiger partial charge in [-0.05, 0) is 18.9 Å². The summed E-state index contributed by atoms with van der Waals surface area (Å²) < 4.78 is 39.2. The number of nitro benzene ring substituents is 1. The summed E-state index contributed by atoms with van der Waals surface area (Å²) in [6, 6.07) is 2.67. The molecule has 8 heteroatoms. The second-order valence-electron chi connectivity index (χ2n) is 4.60. The van der Waals surface area contributed by atoms with Crippen molar-refractivity contribution in [2.24, 2.45) is 0 Å². The fraction of sp³-hybridized carbons (Fsp3) is 0.500. The topological polar surface area (TPSA) is 66.6 Å². The number of benzene rings is 1. The first kappa shape index (κ1) is 14.6. The van der Waals surface area contributed by atoms with Crippen LogP contribution in [-0.2, 0) is 6.18 Å². The predicted octanol–water partition coefficient (Wildman–Crippen LogP) is 2.57. The van der Waals surface area contributed by atoms with Crippen LogP contribution in [0.5, 0.6) is 0 Å². The Labute approximate surface area is 112 Å². The number of rotatable bonds is 5. The average Bonchev–Trinajstić information content (AvgIpc) is 3.18. The van der Waals surface area contributed by atoms with E-state index in [-0.39, 0.29) is 24.9 Å². The quantitative estimate of drug-likeness (QED) is 0.668. The molecule has 0 bridgehead atoms. The molecule has 1 N–H and O–H groups in total. The fourth-order valence-electron chi connectivity index (χ4n) is 2.11. The number of nitrogens with zero attached hydrogens (tertiary/aromatic N) is 2. The molecule has 110 valence electrons. The molecule has 0 radical (unpaired) electrons. The minimum absolute atomic E-state index is 0.0373. The van der Waals surface area contributed by atoms with Crippen LogP contribution in [0.4, 0.5) is 24.5 Å². The SMILES string of the molecule is O=[N+]([O-])c1ccc(N(CCO)C2CC2)c(C(F)(F)F)c1. The van der Waals surface area contributed by atoms with Crippen molar-refractivity contribution in [1.29, 1.82) is 0 Å². The van der Waals surface area contributed by atoms with E-state index in [0.717, 1.165) is 25.0 Å². The van der Waals surface area contributed by atoms with E-state index in [1.807, 2.05) is 0 Å². The Morgan fingerprint density at radius 3 is 2.50 bits per heavy atom. The number of anilines is 1. The molecule has 5 nitrogen and oxygen atoms in total. The molecule has 20 heavy (non-hydrogen) atoms. The first-order chi connectivity index (χ1) is 9.34. The van der Waals surface area contributed by atoms with E-state index in [1.54, 1.807) is 0 Å². The summed E-state index contributed by atoms with van der Waals surface area (Å²) in [6.45, 7) is -0.198. The van der Waals surface area contributed by atoms with Gasteiger partial charge in [0.15, 0.2) is 0 Å². The van der Waals surface area contributed by atoms with E-state index in [1.165, 1.54) is 4.90 Å². The first-order valence-corrected chi connectivity index (χ1v) is 6.07. The number of nitro groups is 1. The summed E-state index contributed by atoms with van der Waals surface area (Å²) >= 11 is 0. The van der Waals surface area contributed by atoms with Crippen molar-refractivity contribution in [3.05, 3.63) is 33.9 Å². The van der Waals surface area contributed by atoms with Crippen LogP contribution in [0.25, 0.3) is 0 Å². The first-order valence-electron chi connectivity index (χ1n) is 6.07. The van der Waals surface area contributed by atoms with E-state index < -0.39 is 22.4 Å². The van der Waals surface area contributed by atoms with Crippen LogP contribution in [0.3, 0.4) is 0 Å². The zero-order valence-electron chi connectivity index (χ0n) is 10.4. The Hall–Kier alpha value is -1.83. The smallest absolute Gasteiger partial charge is 0.395 e. The highest BCUT2D eigenvalue weighted by Crippen LogP contribution is 2.42. The van der Waals surface area contributed by atoms with Gasteiger partial charge in [-0.1, -0.05) is 0 Å². The molecule has 0 heterocycles. The van der Waals surface area contributed by atoms with Crippen LogP contribution in [0.2, 0.25) is 0 Å². The standard InChI is InChI=1S/C12H13F3N2O3/c13-12(14,15)10-7-9(17(19)20)3-4-11(10)16(5-6-18)8-1-2-8/h3-4,7-8,18H,1-2,5-6H2. The number of aliphatic hydroxyl groups excluding tert-OH is 1. The number of halogens is 3. The van der Waals surface area contributed by atoms with Gasteiger partial charge in [-0.3, -0.25) is 10.1 Å². The van der Waals surface area contributed by atoms with Gasteiger partial charge in [0.25, 0.3) is 5.69 Å². The third-order valence-electron chi connectivity index (χ3n) is 3.13. The van der Waals surface area contributed by atoms with Crippen LogP contribution in [-0.4, -0.2) is 29.2 Å². The summed E-state index contributed by atoms with van der Waals surface area (Å²) in [6.07, 6.45) is -3.16. The van der Waals surface area contributed by atoms with Crippen LogP contribution in [0.15, 0.2) is 18.2 Å². The van der Waals surface area contributed by atoms with E-state index in [9.17, 15) is 23.3 Å². The largest absolute Gasteiger partial charge is 0.418 e. The summed E-state index contributed by atoms with van der Waals surface area (Å²) in [5, 5.41) is 19.6. The number of alkyl halides is 3. The maximum Gasteiger partial charge on any atom is 0.418 e. The van der Waals surface area contributed by atoms with Crippen molar-refractivity contribution >= 4 is 11.4 Å². The van der Waals surface area contributed by atoms with Gasteiger partial charge in [-0.25, -0.2) is 0 Å². The number of hydrogen-bond donors (Lipinski definition) is 1. The Morgan fingerprint density at radius 2 is 2.05 bits per heavy atom. The van der Waals surface area contributed by atoms with Crippen molar-refractivity contribution in [2.45, 2.75) is 25.1 Å². The highest BCUT2D eigenvalue weighted by atomic mass is 19.4. The molecule has 2 rings (SSSR count). The molecule has 1 aliphatic carbocycles. The number of hydrogen-bond acceptors (Lipinski definition) is 4. The van der Waals surface area contributed by atoms with Gasteiger partial charge in [0.05, 0.1) is 17.1 Å². The highest BCUT2D eigenvalue weighted by molar-refractivity contribution is 5.60. The lowest BCUT2D eigenvalue weighted by Crippen LogP contribution is -2.31. The molecule has 0 aromatic heterocycles. The predicted molar refractivity (Wildman–Crippen MR) is 65.6 cm³/mol. The molecule has 1 saturated carbocycles. The lowest BCUT2D eigenvalue weighted by atomic mass is 10.1. The molecule has 1 aliphatic rings. The van der Waals surface area contributed by atoms with Gasteiger partial charge in [-0.2, -0.15) is 13.2 Å². The third-order valence-corrected chi connectivity index (χ3v) is 3.13. The molecule has 1 aromatic rings. The van der Waals surface area contributed by atoms with Gasteiger partial charge in [-0.15, -0.1) is 0 Å². The van der Waals surface area contributed by atoms with E-state index >= 15 is 0 Å². The molecule has 0 saturated heterocycles. The summed E-state index contributed by atoms with van der Waals surface area (Å²) in [5.41, 5.74) is -1.74. The van der Waals surface area contributed by atoms with Gasteiger partial charge in [0.1, 0.15) is 0 Å². The lowest BCUT2D eigenvalue weighted by molar-refractivity contribution is -0.385. The van der Waals surface area contributed by atoms with Crippen molar-refractivity contribution in [1.82, 2.24) is 0 Å². The van der Waals surface area contributed by atoms with Crippen LogP contribution in [0.1, 0.15) is 18.4 Å². The summed E-state index contributed by atoms with van der Waals surface area (Å²) in [4.78, 5) is 11.2. The zero-order valence-corrected chi connectivity index (χ0v) is 10.4. The van der Waals surface area contributed by atoms with E-state index in [0.29, 0.717) is 6.07 Å². The molecule has 0 aliphatic heterocycles. The van der Waals surface area contributed by atoms with Gasteiger partial charge in [0, 0.05) is 30.4 Å². The molecule has 0 atom stereocenters. The van der Waals surface area contributed by atoms with Crippen molar-refractivity contribution in [2.75, 3.05) is 18.1 Å². The van der Waals surface area contributed by atoms with E-state index in [4.69, 9.17) is 5.11 Å². The minimum atomic E-state index is -4.68. The number of non-ortho nitro benzene ring substituents is 1. The van der Waals surface area contributed by atoms with Crippen LogP contribution < -0.4 is 4.90 Å². The molecular formula is C12H13F3N2O3. The highest BCUT2D eigenvalue weighted by Gasteiger charge is 2.39. The average molecular weight is 290 g/mol. The fourth-order valence-corrected chi connectivity index (χ4v) is 2.11. The Bertz CT molecular complexity index is 515. The molecular weight excluding hydrogens is 277 g/mol.